The average Bonchev–Trinajstić information content (AvgIpc) is 2.14. The minimum Gasteiger partial charge on any atom is -0.0885 e. The molecule has 0 radical (unpaired) electrons. The van der Waals surface area contributed by atoms with Crippen LogP contribution in [-0.4, -0.2) is 0 Å². The lowest BCUT2D eigenvalue weighted by Gasteiger charge is -2.57. The van der Waals surface area contributed by atoms with E-state index in [1.54, 1.807) is 0 Å². The van der Waals surface area contributed by atoms with E-state index in [2.05, 4.69) is 32.9 Å². The molecule has 0 heteroatoms. The summed E-state index contributed by atoms with van der Waals surface area (Å²) < 4.78 is 0. The summed E-state index contributed by atoms with van der Waals surface area (Å²) in [5.74, 6) is 1.01. The number of hydrogen-bond acceptors (Lipinski definition) is 0. The second kappa shape index (κ2) is 3.40. The van der Waals surface area contributed by atoms with Crippen molar-refractivity contribution >= 4 is 0 Å². The predicted molar refractivity (Wildman–Crippen MR) is 62.2 cm³/mol. The average molecular weight is 192 g/mol. The van der Waals surface area contributed by atoms with Gasteiger partial charge in [0.05, 0.1) is 0 Å². The maximum Gasteiger partial charge on any atom is -0.0243 e. The van der Waals surface area contributed by atoms with Crippen molar-refractivity contribution in [2.45, 2.75) is 59.3 Å². The molecule has 1 fully saturated rings. The van der Waals surface area contributed by atoms with Gasteiger partial charge in [0.2, 0.25) is 0 Å². The van der Waals surface area contributed by atoms with Crippen molar-refractivity contribution in [2.75, 3.05) is 0 Å². The zero-order chi connectivity index (χ0) is 10.2. The van der Waals surface area contributed by atoms with Crippen LogP contribution in [0.3, 0.4) is 0 Å². The van der Waals surface area contributed by atoms with Gasteiger partial charge >= 0.3 is 0 Å². The van der Waals surface area contributed by atoms with Crippen LogP contribution in [0.25, 0.3) is 0 Å². The highest BCUT2D eigenvalue weighted by Gasteiger charge is 2.51. The largest absolute Gasteiger partial charge is 0.0885 e. The van der Waals surface area contributed by atoms with Gasteiger partial charge in [-0.1, -0.05) is 32.9 Å². The van der Waals surface area contributed by atoms with Gasteiger partial charge in [0.25, 0.3) is 0 Å². The highest BCUT2D eigenvalue weighted by Crippen LogP contribution is 2.60. The zero-order valence-electron chi connectivity index (χ0n) is 9.97. The van der Waals surface area contributed by atoms with E-state index in [1.165, 1.54) is 38.5 Å². The molecule has 14 heavy (non-hydrogen) atoms. The molecule has 0 N–H and O–H groups in total. The Morgan fingerprint density at radius 3 is 2.50 bits per heavy atom. The molecule has 0 aliphatic heterocycles. The Balaban J connectivity index is 2.20. The summed E-state index contributed by atoms with van der Waals surface area (Å²) in [7, 11) is 0. The quantitative estimate of drug-likeness (QED) is 0.494. The minimum absolute atomic E-state index is 0.511. The Labute approximate surface area is 88.8 Å². The van der Waals surface area contributed by atoms with E-state index in [-0.39, 0.29) is 0 Å². The van der Waals surface area contributed by atoms with Crippen LogP contribution in [0.1, 0.15) is 59.3 Å². The molecular weight excluding hydrogens is 168 g/mol. The Kier molecular flexibility index (Phi) is 2.49. The highest BCUT2D eigenvalue weighted by molar-refractivity contribution is 5.05. The van der Waals surface area contributed by atoms with Crippen molar-refractivity contribution in [3.8, 4) is 0 Å². The topological polar surface area (TPSA) is 0 Å². The maximum absolute atomic E-state index is 2.53. The van der Waals surface area contributed by atoms with Crippen LogP contribution in [0.15, 0.2) is 12.2 Å². The van der Waals surface area contributed by atoms with Crippen LogP contribution in [0, 0.1) is 16.7 Å². The first-order valence-electron chi connectivity index (χ1n) is 6.21. The first-order valence-corrected chi connectivity index (χ1v) is 6.21. The van der Waals surface area contributed by atoms with Crippen LogP contribution in [-0.2, 0) is 0 Å². The molecule has 0 nitrogen and oxygen atoms in total. The monoisotopic (exact) mass is 192 g/mol. The summed E-state index contributed by atoms with van der Waals surface area (Å²) >= 11 is 0. The molecule has 2 unspecified atom stereocenters. The molecule has 2 aliphatic carbocycles. The fraction of sp³-hybridized carbons (Fsp3) is 0.857. The first-order chi connectivity index (χ1) is 6.56. The van der Waals surface area contributed by atoms with Crippen LogP contribution < -0.4 is 0 Å². The number of fused-ring (bicyclic) bond motifs is 1. The smallest absolute Gasteiger partial charge is 0.0243 e. The predicted octanol–water partition coefficient (Wildman–Crippen LogP) is 4.56. The molecule has 0 aromatic heterocycles. The third-order valence-corrected chi connectivity index (χ3v) is 5.18. The van der Waals surface area contributed by atoms with E-state index in [4.69, 9.17) is 0 Å². The Hall–Kier alpha value is -0.260. The van der Waals surface area contributed by atoms with Crippen molar-refractivity contribution in [3.63, 3.8) is 0 Å². The Morgan fingerprint density at radius 2 is 1.86 bits per heavy atom. The van der Waals surface area contributed by atoms with Crippen molar-refractivity contribution in [1.29, 1.82) is 0 Å². The SMILES string of the molecule is CC1(C)C/C=C\CCCC2CCC21C. The Bertz CT molecular complexity index is 236. The third-order valence-electron chi connectivity index (χ3n) is 5.18. The van der Waals surface area contributed by atoms with Crippen LogP contribution >= 0.6 is 0 Å². The molecule has 80 valence electrons. The third kappa shape index (κ3) is 1.43. The molecule has 0 spiro atoms. The highest BCUT2D eigenvalue weighted by atomic mass is 14.6. The lowest BCUT2D eigenvalue weighted by Crippen LogP contribution is -2.48. The van der Waals surface area contributed by atoms with Crippen LogP contribution in [0.5, 0.6) is 0 Å². The van der Waals surface area contributed by atoms with Gasteiger partial charge in [-0.25, -0.2) is 0 Å². The van der Waals surface area contributed by atoms with Gasteiger partial charge in [0.1, 0.15) is 0 Å². The van der Waals surface area contributed by atoms with Gasteiger partial charge < -0.3 is 0 Å². The molecule has 2 aliphatic rings. The molecule has 0 bridgehead atoms. The van der Waals surface area contributed by atoms with E-state index < -0.39 is 0 Å². The van der Waals surface area contributed by atoms with Gasteiger partial charge in [-0.3, -0.25) is 0 Å². The molecule has 0 aromatic rings. The standard InChI is InChI=1S/C14H24/c1-13(2)10-7-5-4-6-8-12-9-11-14(12,13)3/h5,7,12H,4,6,8-11H2,1-3H3/b7-5-. The maximum atomic E-state index is 2.53. The second-order valence-corrected chi connectivity index (χ2v) is 6.14. The van der Waals surface area contributed by atoms with Gasteiger partial charge in [0, 0.05) is 0 Å². The normalized spacial score (nSPS) is 43.8. The fourth-order valence-corrected chi connectivity index (χ4v) is 3.35. The van der Waals surface area contributed by atoms with Gasteiger partial charge in [-0.15, -0.1) is 0 Å². The molecule has 0 heterocycles. The molecule has 2 rings (SSSR count). The summed E-state index contributed by atoms with van der Waals surface area (Å²) in [6.07, 6.45) is 13.2. The van der Waals surface area contributed by atoms with Crippen LogP contribution in [0.2, 0.25) is 0 Å². The van der Waals surface area contributed by atoms with E-state index in [1.807, 2.05) is 0 Å². The number of hydrogen-bond donors (Lipinski definition) is 0. The molecule has 0 amide bonds. The van der Waals surface area contributed by atoms with Crippen molar-refractivity contribution in [1.82, 2.24) is 0 Å². The summed E-state index contributed by atoms with van der Waals surface area (Å²) in [4.78, 5) is 0. The summed E-state index contributed by atoms with van der Waals surface area (Å²) in [6.45, 7) is 7.46. The van der Waals surface area contributed by atoms with E-state index in [0.717, 1.165) is 5.92 Å². The first kappa shape index (κ1) is 10.3. The van der Waals surface area contributed by atoms with E-state index in [9.17, 15) is 0 Å². The van der Waals surface area contributed by atoms with Gasteiger partial charge in [-0.05, 0) is 55.3 Å². The molecule has 0 aromatic carbocycles. The lowest BCUT2D eigenvalue weighted by atomic mass is 9.48. The zero-order valence-corrected chi connectivity index (χ0v) is 9.97. The lowest BCUT2D eigenvalue weighted by molar-refractivity contribution is -0.0688. The number of rotatable bonds is 0. The van der Waals surface area contributed by atoms with Crippen molar-refractivity contribution in [2.24, 2.45) is 16.7 Å². The molecule has 0 saturated heterocycles. The van der Waals surface area contributed by atoms with Gasteiger partial charge in [-0.2, -0.15) is 0 Å². The van der Waals surface area contributed by atoms with E-state index >= 15 is 0 Å². The second-order valence-electron chi connectivity index (χ2n) is 6.14. The summed E-state index contributed by atoms with van der Waals surface area (Å²) in [6, 6.07) is 0. The van der Waals surface area contributed by atoms with Crippen molar-refractivity contribution < 1.29 is 0 Å². The van der Waals surface area contributed by atoms with Gasteiger partial charge in [0.15, 0.2) is 0 Å². The minimum atomic E-state index is 0.511. The summed E-state index contributed by atoms with van der Waals surface area (Å²) in [5, 5.41) is 0. The molecule has 2 atom stereocenters. The Morgan fingerprint density at radius 1 is 1.07 bits per heavy atom. The summed E-state index contributed by atoms with van der Waals surface area (Å²) in [5.41, 5.74) is 1.14. The van der Waals surface area contributed by atoms with Crippen LogP contribution in [0.4, 0.5) is 0 Å². The van der Waals surface area contributed by atoms with Crippen molar-refractivity contribution in [3.05, 3.63) is 12.2 Å². The number of allylic oxidation sites excluding steroid dienone is 2. The fourth-order valence-electron chi connectivity index (χ4n) is 3.35. The van der Waals surface area contributed by atoms with E-state index in [0.29, 0.717) is 10.8 Å². The molecule has 1 saturated carbocycles. The molecular formula is C14H24.